The van der Waals surface area contributed by atoms with Crippen LogP contribution in [0, 0.1) is 18.7 Å². The largest absolute Gasteiger partial charge is 0.241 e. The lowest BCUT2D eigenvalue weighted by Gasteiger charge is -2.22. The number of rotatable bonds is 6. The van der Waals surface area contributed by atoms with E-state index in [9.17, 15) is 12.8 Å². The Bertz CT molecular complexity index is 729. The summed E-state index contributed by atoms with van der Waals surface area (Å²) < 4.78 is 40.8. The summed E-state index contributed by atoms with van der Waals surface area (Å²) in [7, 11) is -3.74. The van der Waals surface area contributed by atoms with Crippen LogP contribution < -0.4 is 4.72 Å². The molecule has 0 spiro atoms. The fraction of sp³-hybridized carbons (Fsp3) is 0.429. The molecule has 0 radical (unpaired) electrons. The standard InChI is InChI=1S/C14H19FN4O2S/c1-10(2)13(9-19-16-6-7-17-19)18-22(20,21)14-5-4-12(15)8-11(14)3/h4-8,10,13,18H,9H2,1-3H3. The fourth-order valence-corrected chi connectivity index (χ4v) is 3.68. The SMILES string of the molecule is Cc1cc(F)ccc1S(=O)(=O)NC(Cn1nccn1)C(C)C. The molecule has 120 valence electrons. The first-order valence-electron chi connectivity index (χ1n) is 6.92. The van der Waals surface area contributed by atoms with E-state index in [4.69, 9.17) is 0 Å². The van der Waals surface area contributed by atoms with Crippen LogP contribution in [0.2, 0.25) is 0 Å². The summed E-state index contributed by atoms with van der Waals surface area (Å²) in [6, 6.07) is 3.24. The second-order valence-corrected chi connectivity index (χ2v) is 7.15. The van der Waals surface area contributed by atoms with Gasteiger partial charge in [-0.2, -0.15) is 15.0 Å². The van der Waals surface area contributed by atoms with Crippen molar-refractivity contribution in [3.05, 3.63) is 42.0 Å². The molecule has 8 heteroatoms. The normalized spacial score (nSPS) is 13.5. The zero-order chi connectivity index (χ0) is 16.3. The van der Waals surface area contributed by atoms with Crippen LogP contribution >= 0.6 is 0 Å². The van der Waals surface area contributed by atoms with Crippen molar-refractivity contribution >= 4 is 10.0 Å². The van der Waals surface area contributed by atoms with Gasteiger partial charge in [-0.05, 0) is 36.6 Å². The smallest absolute Gasteiger partial charge is 0.207 e. The van der Waals surface area contributed by atoms with E-state index >= 15 is 0 Å². The summed E-state index contributed by atoms with van der Waals surface area (Å²) in [5.41, 5.74) is 0.368. The average molecular weight is 326 g/mol. The Morgan fingerprint density at radius 3 is 2.45 bits per heavy atom. The van der Waals surface area contributed by atoms with Gasteiger partial charge in [0, 0.05) is 6.04 Å². The molecule has 1 unspecified atom stereocenters. The maximum Gasteiger partial charge on any atom is 0.241 e. The van der Waals surface area contributed by atoms with Crippen LogP contribution in [-0.2, 0) is 16.6 Å². The highest BCUT2D eigenvalue weighted by atomic mass is 32.2. The van der Waals surface area contributed by atoms with E-state index in [-0.39, 0.29) is 16.9 Å². The summed E-state index contributed by atoms with van der Waals surface area (Å²) >= 11 is 0. The van der Waals surface area contributed by atoms with E-state index in [1.165, 1.54) is 29.3 Å². The van der Waals surface area contributed by atoms with Crippen molar-refractivity contribution < 1.29 is 12.8 Å². The molecule has 0 aliphatic heterocycles. The molecule has 2 aromatic rings. The lowest BCUT2D eigenvalue weighted by Crippen LogP contribution is -2.42. The quantitative estimate of drug-likeness (QED) is 0.877. The third kappa shape index (κ3) is 3.89. The molecular weight excluding hydrogens is 307 g/mol. The van der Waals surface area contributed by atoms with Gasteiger partial charge in [0.2, 0.25) is 10.0 Å². The molecule has 0 saturated carbocycles. The van der Waals surface area contributed by atoms with Gasteiger partial charge in [-0.25, -0.2) is 17.5 Å². The Kier molecular flexibility index (Phi) is 4.92. The predicted octanol–water partition coefficient (Wildman–Crippen LogP) is 1.73. The highest BCUT2D eigenvalue weighted by Crippen LogP contribution is 2.18. The first-order valence-corrected chi connectivity index (χ1v) is 8.40. The van der Waals surface area contributed by atoms with Gasteiger partial charge in [0.25, 0.3) is 0 Å². The molecule has 1 atom stereocenters. The van der Waals surface area contributed by atoms with Crippen LogP contribution in [0.25, 0.3) is 0 Å². The Hall–Kier alpha value is -1.80. The number of halogens is 1. The van der Waals surface area contributed by atoms with Gasteiger partial charge < -0.3 is 0 Å². The summed E-state index contributed by atoms with van der Waals surface area (Å²) in [6.07, 6.45) is 3.08. The zero-order valence-corrected chi connectivity index (χ0v) is 13.5. The second kappa shape index (κ2) is 6.53. The van der Waals surface area contributed by atoms with Crippen molar-refractivity contribution in [3.8, 4) is 0 Å². The van der Waals surface area contributed by atoms with Crippen molar-refractivity contribution in [3.63, 3.8) is 0 Å². The highest BCUT2D eigenvalue weighted by Gasteiger charge is 2.24. The number of aromatic nitrogens is 3. The van der Waals surface area contributed by atoms with Crippen LogP contribution in [0.15, 0.2) is 35.5 Å². The Balaban J connectivity index is 2.24. The van der Waals surface area contributed by atoms with Gasteiger partial charge in [-0.15, -0.1) is 0 Å². The number of benzene rings is 1. The minimum atomic E-state index is -3.74. The third-order valence-corrected chi connectivity index (χ3v) is 5.01. The van der Waals surface area contributed by atoms with Crippen molar-refractivity contribution in [2.45, 2.75) is 38.3 Å². The van der Waals surface area contributed by atoms with E-state index in [0.717, 1.165) is 6.07 Å². The number of hydrogen-bond acceptors (Lipinski definition) is 4. The Morgan fingerprint density at radius 1 is 1.27 bits per heavy atom. The van der Waals surface area contributed by atoms with Crippen LogP contribution in [-0.4, -0.2) is 29.5 Å². The first-order chi connectivity index (χ1) is 10.3. The van der Waals surface area contributed by atoms with Crippen molar-refractivity contribution in [2.24, 2.45) is 5.92 Å². The summed E-state index contributed by atoms with van der Waals surface area (Å²) in [4.78, 5) is 1.51. The molecule has 0 amide bonds. The van der Waals surface area contributed by atoms with E-state index < -0.39 is 15.8 Å². The number of nitrogens with one attached hydrogen (secondary N) is 1. The van der Waals surface area contributed by atoms with Gasteiger partial charge in [0.15, 0.2) is 0 Å². The molecule has 0 fully saturated rings. The highest BCUT2D eigenvalue weighted by molar-refractivity contribution is 7.89. The van der Waals surface area contributed by atoms with E-state index in [1.54, 1.807) is 6.92 Å². The summed E-state index contributed by atoms with van der Waals surface area (Å²) in [5.74, 6) is -0.417. The third-order valence-electron chi connectivity index (χ3n) is 3.36. The molecule has 1 N–H and O–H groups in total. The molecule has 0 aliphatic rings. The topological polar surface area (TPSA) is 76.9 Å². The van der Waals surface area contributed by atoms with Gasteiger partial charge in [-0.3, -0.25) is 0 Å². The maximum atomic E-state index is 13.1. The van der Waals surface area contributed by atoms with Gasteiger partial charge in [0.05, 0.1) is 23.8 Å². The van der Waals surface area contributed by atoms with Crippen molar-refractivity contribution in [1.29, 1.82) is 0 Å². The Morgan fingerprint density at radius 2 is 1.91 bits per heavy atom. The van der Waals surface area contributed by atoms with Crippen LogP contribution in [0.1, 0.15) is 19.4 Å². The predicted molar refractivity (Wildman–Crippen MR) is 80.1 cm³/mol. The minimum absolute atomic E-state index is 0.0431. The average Bonchev–Trinajstić information content (AvgIpc) is 2.90. The summed E-state index contributed by atoms with van der Waals surface area (Å²) in [5, 5.41) is 7.98. The number of aryl methyl sites for hydroxylation is 1. The minimum Gasteiger partial charge on any atom is -0.207 e. The molecule has 1 aromatic carbocycles. The molecule has 22 heavy (non-hydrogen) atoms. The van der Waals surface area contributed by atoms with Gasteiger partial charge in [-0.1, -0.05) is 13.8 Å². The lowest BCUT2D eigenvalue weighted by molar-refractivity contribution is 0.361. The van der Waals surface area contributed by atoms with E-state index in [2.05, 4.69) is 14.9 Å². The second-order valence-electron chi connectivity index (χ2n) is 5.47. The zero-order valence-electron chi connectivity index (χ0n) is 12.7. The number of nitrogens with zero attached hydrogens (tertiary/aromatic N) is 3. The summed E-state index contributed by atoms with van der Waals surface area (Å²) in [6.45, 7) is 5.71. The van der Waals surface area contributed by atoms with E-state index in [1.807, 2.05) is 13.8 Å². The van der Waals surface area contributed by atoms with Crippen LogP contribution in [0.3, 0.4) is 0 Å². The molecule has 1 heterocycles. The molecule has 0 aliphatic carbocycles. The molecule has 6 nitrogen and oxygen atoms in total. The fourth-order valence-electron chi connectivity index (χ4n) is 2.07. The Labute approximate surface area is 129 Å². The van der Waals surface area contributed by atoms with Gasteiger partial charge in [0.1, 0.15) is 5.82 Å². The molecule has 2 rings (SSSR count). The lowest BCUT2D eigenvalue weighted by atomic mass is 10.1. The molecule has 0 bridgehead atoms. The number of hydrogen-bond donors (Lipinski definition) is 1. The molecule has 0 saturated heterocycles. The molecular formula is C14H19FN4O2S. The number of sulfonamides is 1. The maximum absolute atomic E-state index is 13.1. The monoisotopic (exact) mass is 326 g/mol. The van der Waals surface area contributed by atoms with Crippen molar-refractivity contribution in [1.82, 2.24) is 19.7 Å². The van der Waals surface area contributed by atoms with Crippen LogP contribution in [0.4, 0.5) is 4.39 Å². The van der Waals surface area contributed by atoms with Crippen molar-refractivity contribution in [2.75, 3.05) is 0 Å². The van der Waals surface area contributed by atoms with Crippen LogP contribution in [0.5, 0.6) is 0 Å². The van der Waals surface area contributed by atoms with E-state index in [0.29, 0.717) is 12.1 Å². The van der Waals surface area contributed by atoms with Gasteiger partial charge >= 0.3 is 0 Å². The first kappa shape index (κ1) is 16.6. The molecule has 1 aromatic heterocycles.